The van der Waals surface area contributed by atoms with Gasteiger partial charge in [-0.15, -0.1) is 0 Å². The number of nitrogens with one attached hydrogen (secondary N) is 2. The number of ether oxygens (including phenoxy) is 1. The fourth-order valence-electron chi connectivity index (χ4n) is 2.16. The van der Waals surface area contributed by atoms with Crippen LogP contribution in [-0.2, 0) is 11.2 Å². The maximum atomic E-state index is 10.3. The first kappa shape index (κ1) is 13.7. The van der Waals surface area contributed by atoms with Gasteiger partial charge in [-0.2, -0.15) is 0 Å². The molecule has 1 aromatic carbocycles. The van der Waals surface area contributed by atoms with E-state index in [9.17, 15) is 4.79 Å². The van der Waals surface area contributed by atoms with Gasteiger partial charge >= 0.3 is 6.09 Å². The van der Waals surface area contributed by atoms with E-state index < -0.39 is 6.09 Å². The van der Waals surface area contributed by atoms with Crippen molar-refractivity contribution in [3.05, 3.63) is 29.8 Å². The number of amides is 1. The summed E-state index contributed by atoms with van der Waals surface area (Å²) >= 11 is 0. The molecule has 0 aromatic heterocycles. The molecule has 1 fully saturated rings. The van der Waals surface area contributed by atoms with Crippen LogP contribution in [0.1, 0.15) is 18.4 Å². The molecule has 0 atom stereocenters. The van der Waals surface area contributed by atoms with Crippen LogP contribution in [0.3, 0.4) is 0 Å². The number of rotatable bonds is 5. The first-order valence-corrected chi connectivity index (χ1v) is 6.64. The highest BCUT2D eigenvalue weighted by molar-refractivity contribution is 5.64. The molecule has 0 saturated carbocycles. The molecule has 1 aromatic rings. The Morgan fingerprint density at radius 2 is 1.95 bits per heavy atom. The topological polar surface area (TPSA) is 70.6 Å². The van der Waals surface area contributed by atoms with Crippen LogP contribution in [0.25, 0.3) is 0 Å². The quantitative estimate of drug-likeness (QED) is 0.761. The van der Waals surface area contributed by atoms with Gasteiger partial charge in [-0.1, -0.05) is 12.1 Å². The van der Waals surface area contributed by atoms with Crippen LogP contribution in [0.2, 0.25) is 0 Å². The van der Waals surface area contributed by atoms with E-state index in [1.54, 1.807) is 0 Å². The molecule has 0 radical (unpaired) electrons. The van der Waals surface area contributed by atoms with Crippen molar-refractivity contribution in [3.63, 3.8) is 0 Å². The van der Waals surface area contributed by atoms with Gasteiger partial charge in [-0.05, 0) is 37.0 Å². The lowest BCUT2D eigenvalue weighted by Gasteiger charge is -2.24. The van der Waals surface area contributed by atoms with Gasteiger partial charge in [0.15, 0.2) is 0 Å². The molecule has 3 N–H and O–H groups in total. The summed E-state index contributed by atoms with van der Waals surface area (Å²) in [4.78, 5) is 10.3. The van der Waals surface area contributed by atoms with Crippen molar-refractivity contribution in [1.82, 2.24) is 5.32 Å². The summed E-state index contributed by atoms with van der Waals surface area (Å²) in [5.41, 5.74) is 2.24. The Balaban J connectivity index is 1.78. The van der Waals surface area contributed by atoms with Crippen molar-refractivity contribution in [1.29, 1.82) is 0 Å². The second-order valence-corrected chi connectivity index (χ2v) is 4.71. The maximum absolute atomic E-state index is 10.3. The number of carboxylic acid groups (broad SMARTS) is 1. The Morgan fingerprint density at radius 3 is 2.58 bits per heavy atom. The van der Waals surface area contributed by atoms with Crippen molar-refractivity contribution in [2.24, 2.45) is 0 Å². The van der Waals surface area contributed by atoms with Crippen LogP contribution in [0.4, 0.5) is 10.5 Å². The Bertz CT molecular complexity index is 400. The van der Waals surface area contributed by atoms with E-state index in [1.807, 2.05) is 24.3 Å². The van der Waals surface area contributed by atoms with Crippen molar-refractivity contribution in [2.75, 3.05) is 25.1 Å². The Hall–Kier alpha value is -1.75. The predicted octanol–water partition coefficient (Wildman–Crippen LogP) is 2.09. The highest BCUT2D eigenvalue weighted by atomic mass is 16.5. The molecule has 2 rings (SSSR count). The minimum atomic E-state index is -0.974. The van der Waals surface area contributed by atoms with Gasteiger partial charge in [0.1, 0.15) is 0 Å². The minimum absolute atomic E-state index is 0.447. The van der Waals surface area contributed by atoms with Crippen molar-refractivity contribution in [2.45, 2.75) is 25.3 Å². The molecule has 1 amide bonds. The predicted molar refractivity (Wildman–Crippen MR) is 73.6 cm³/mol. The Kier molecular flexibility index (Phi) is 5.03. The van der Waals surface area contributed by atoms with Crippen molar-refractivity contribution >= 4 is 11.8 Å². The third kappa shape index (κ3) is 4.79. The second kappa shape index (κ2) is 6.99. The largest absolute Gasteiger partial charge is 0.465 e. The van der Waals surface area contributed by atoms with E-state index in [-0.39, 0.29) is 0 Å². The third-order valence-electron chi connectivity index (χ3n) is 3.24. The number of benzene rings is 1. The Morgan fingerprint density at radius 1 is 1.26 bits per heavy atom. The van der Waals surface area contributed by atoms with Gasteiger partial charge in [0.05, 0.1) is 0 Å². The summed E-state index contributed by atoms with van der Waals surface area (Å²) in [6, 6.07) is 8.65. The van der Waals surface area contributed by atoms with Gasteiger partial charge in [0, 0.05) is 31.5 Å². The highest BCUT2D eigenvalue weighted by Gasteiger charge is 2.12. The number of anilines is 1. The monoisotopic (exact) mass is 264 g/mol. The average molecular weight is 264 g/mol. The molecule has 0 bridgehead atoms. The molecule has 1 heterocycles. The minimum Gasteiger partial charge on any atom is -0.465 e. The van der Waals surface area contributed by atoms with Crippen LogP contribution in [-0.4, -0.2) is 37.0 Å². The van der Waals surface area contributed by atoms with E-state index in [2.05, 4.69) is 10.6 Å². The molecule has 1 aliphatic rings. The van der Waals surface area contributed by atoms with Crippen LogP contribution in [0.5, 0.6) is 0 Å². The molecule has 1 aliphatic heterocycles. The van der Waals surface area contributed by atoms with Crippen molar-refractivity contribution in [3.8, 4) is 0 Å². The maximum Gasteiger partial charge on any atom is 0.404 e. The first-order chi connectivity index (χ1) is 9.24. The molecule has 0 unspecified atom stereocenters. The molecule has 19 heavy (non-hydrogen) atoms. The van der Waals surface area contributed by atoms with E-state index >= 15 is 0 Å². The lowest BCUT2D eigenvalue weighted by Crippen LogP contribution is -2.27. The molecule has 0 aliphatic carbocycles. The SMILES string of the molecule is O=C(O)NCCc1ccc(NC2CCOCC2)cc1. The zero-order chi connectivity index (χ0) is 13.5. The van der Waals surface area contributed by atoms with Crippen LogP contribution < -0.4 is 10.6 Å². The zero-order valence-electron chi connectivity index (χ0n) is 10.9. The van der Waals surface area contributed by atoms with E-state index in [0.29, 0.717) is 19.0 Å². The molecule has 5 heteroatoms. The van der Waals surface area contributed by atoms with E-state index in [0.717, 1.165) is 37.3 Å². The number of carbonyl (C=O) groups is 1. The van der Waals surface area contributed by atoms with Crippen molar-refractivity contribution < 1.29 is 14.6 Å². The molecule has 1 saturated heterocycles. The van der Waals surface area contributed by atoms with Gasteiger partial charge < -0.3 is 20.5 Å². The smallest absolute Gasteiger partial charge is 0.404 e. The zero-order valence-corrected chi connectivity index (χ0v) is 10.9. The summed E-state index contributed by atoms with van der Waals surface area (Å²) in [5, 5.41) is 14.3. The molecule has 104 valence electrons. The van der Waals surface area contributed by atoms with E-state index in [1.165, 1.54) is 0 Å². The summed E-state index contributed by atoms with van der Waals surface area (Å²) in [6.45, 7) is 2.11. The summed E-state index contributed by atoms with van der Waals surface area (Å²) < 4.78 is 5.33. The number of hydrogen-bond donors (Lipinski definition) is 3. The molecule has 0 spiro atoms. The fourth-order valence-corrected chi connectivity index (χ4v) is 2.16. The standard InChI is InChI=1S/C14H20N2O3/c17-14(18)15-8-5-11-1-3-12(4-2-11)16-13-6-9-19-10-7-13/h1-4,13,15-16H,5-10H2,(H,17,18). The van der Waals surface area contributed by atoms with Crippen LogP contribution >= 0.6 is 0 Å². The Labute approximate surface area is 113 Å². The summed E-state index contributed by atoms with van der Waals surface area (Å²) in [6.07, 6.45) is 1.83. The second-order valence-electron chi connectivity index (χ2n) is 4.71. The lowest BCUT2D eigenvalue weighted by molar-refractivity contribution is 0.0904. The third-order valence-corrected chi connectivity index (χ3v) is 3.24. The summed E-state index contributed by atoms with van der Waals surface area (Å²) in [5.74, 6) is 0. The molecular weight excluding hydrogens is 244 g/mol. The van der Waals surface area contributed by atoms with Gasteiger partial charge in [0.25, 0.3) is 0 Å². The molecular formula is C14H20N2O3. The van der Waals surface area contributed by atoms with Gasteiger partial charge in [0.2, 0.25) is 0 Å². The first-order valence-electron chi connectivity index (χ1n) is 6.64. The highest BCUT2D eigenvalue weighted by Crippen LogP contribution is 2.16. The van der Waals surface area contributed by atoms with E-state index in [4.69, 9.17) is 9.84 Å². The lowest BCUT2D eigenvalue weighted by atomic mass is 10.1. The van der Waals surface area contributed by atoms with Crippen LogP contribution in [0, 0.1) is 0 Å². The van der Waals surface area contributed by atoms with Crippen LogP contribution in [0.15, 0.2) is 24.3 Å². The number of hydrogen-bond acceptors (Lipinski definition) is 3. The summed E-state index contributed by atoms with van der Waals surface area (Å²) in [7, 11) is 0. The average Bonchev–Trinajstić information content (AvgIpc) is 2.42. The normalized spacial score (nSPS) is 16.0. The van der Waals surface area contributed by atoms with Gasteiger partial charge in [-0.25, -0.2) is 4.79 Å². The van der Waals surface area contributed by atoms with Gasteiger partial charge in [-0.3, -0.25) is 0 Å². The molecule has 5 nitrogen and oxygen atoms in total. The fraction of sp³-hybridized carbons (Fsp3) is 0.500.